The number of para-hydroxylation sites is 1. The van der Waals surface area contributed by atoms with E-state index in [2.05, 4.69) is 54.8 Å². The van der Waals surface area contributed by atoms with Gasteiger partial charge in [-0.05, 0) is 78.6 Å². The minimum Gasteiger partial charge on any atom is -0.456 e. The molecule has 0 aliphatic carbocycles. The second-order valence-electron chi connectivity index (χ2n) is 11.0. The number of hydrogen-bond acceptors (Lipinski definition) is 5. The number of anilines is 4. The number of hydrogen-bond donors (Lipinski definition) is 2. The lowest BCUT2D eigenvalue weighted by Gasteiger charge is -2.37. The highest BCUT2D eigenvalue weighted by atomic mass is 16.6. The summed E-state index contributed by atoms with van der Waals surface area (Å²) in [5.41, 5.74) is 7.91. The van der Waals surface area contributed by atoms with Crippen molar-refractivity contribution in [3.05, 3.63) is 143 Å². The van der Waals surface area contributed by atoms with Gasteiger partial charge in [0.2, 0.25) is 0 Å². The van der Waals surface area contributed by atoms with Crippen LogP contribution in [0.1, 0.15) is 57.9 Å². The SMILES string of the molecule is Cc1cc2c(cc1Nc1ccccc1)C1(OC(=O)c3ccccc31)c1ccc(Nc3ccc(C(C)C)cc3)cc1O2. The standard InChI is InChI=1S/C36H30N2O3/c1-22(2)24-13-15-26(16-14-24)37-27-17-18-30-34(20-27)40-33-19-23(3)32(38-25-9-5-4-6-10-25)21-31(33)36(30)29-12-8-7-11-28(29)35(39)41-36/h4-22,37-38H,1-3H3. The van der Waals surface area contributed by atoms with Crippen LogP contribution in [0.2, 0.25) is 0 Å². The van der Waals surface area contributed by atoms with Crippen LogP contribution in [-0.2, 0) is 10.3 Å². The highest BCUT2D eigenvalue weighted by molar-refractivity contribution is 5.97. The van der Waals surface area contributed by atoms with Crippen LogP contribution in [0.3, 0.4) is 0 Å². The Morgan fingerprint density at radius 1 is 0.659 bits per heavy atom. The number of fused-ring (bicyclic) bond motifs is 6. The molecular formula is C36H30N2O3. The molecule has 5 heteroatoms. The van der Waals surface area contributed by atoms with Gasteiger partial charge in [-0.15, -0.1) is 0 Å². The number of aryl methyl sites for hydroxylation is 1. The molecule has 1 spiro atoms. The molecule has 5 aromatic rings. The summed E-state index contributed by atoms with van der Waals surface area (Å²) < 4.78 is 13.0. The Kier molecular flexibility index (Phi) is 5.82. The Hall–Kier alpha value is -5.03. The third kappa shape index (κ3) is 4.13. The molecule has 0 saturated carbocycles. The number of benzene rings is 5. The first kappa shape index (κ1) is 25.0. The molecule has 0 fully saturated rings. The summed E-state index contributed by atoms with van der Waals surface area (Å²) in [6, 6.07) is 36.2. The van der Waals surface area contributed by atoms with Gasteiger partial charge in [-0.3, -0.25) is 0 Å². The van der Waals surface area contributed by atoms with E-state index in [0.29, 0.717) is 23.0 Å². The summed E-state index contributed by atoms with van der Waals surface area (Å²) >= 11 is 0. The largest absolute Gasteiger partial charge is 0.456 e. The van der Waals surface area contributed by atoms with Crippen molar-refractivity contribution in [1.82, 2.24) is 0 Å². The molecule has 5 nitrogen and oxygen atoms in total. The predicted molar refractivity (Wildman–Crippen MR) is 163 cm³/mol. The average molecular weight is 539 g/mol. The highest BCUT2D eigenvalue weighted by Crippen LogP contribution is 2.57. The van der Waals surface area contributed by atoms with Crippen LogP contribution in [0.4, 0.5) is 22.7 Å². The van der Waals surface area contributed by atoms with Crippen molar-refractivity contribution in [3.63, 3.8) is 0 Å². The number of nitrogens with one attached hydrogen (secondary N) is 2. The van der Waals surface area contributed by atoms with E-state index >= 15 is 0 Å². The van der Waals surface area contributed by atoms with Crippen LogP contribution in [0.5, 0.6) is 11.5 Å². The lowest BCUT2D eigenvalue weighted by molar-refractivity contribution is 0.0224. The molecule has 0 radical (unpaired) electrons. The fourth-order valence-electron chi connectivity index (χ4n) is 5.83. The zero-order chi connectivity index (χ0) is 28.1. The molecular weight excluding hydrogens is 508 g/mol. The van der Waals surface area contributed by atoms with Crippen molar-refractivity contribution in [2.75, 3.05) is 10.6 Å². The van der Waals surface area contributed by atoms with Gasteiger partial charge in [0.15, 0.2) is 5.60 Å². The van der Waals surface area contributed by atoms with Crippen LogP contribution < -0.4 is 15.4 Å². The van der Waals surface area contributed by atoms with E-state index in [4.69, 9.17) is 9.47 Å². The predicted octanol–water partition coefficient (Wildman–Crippen LogP) is 9.17. The van der Waals surface area contributed by atoms with Crippen molar-refractivity contribution in [2.45, 2.75) is 32.3 Å². The van der Waals surface area contributed by atoms with Crippen molar-refractivity contribution < 1.29 is 14.3 Å². The molecule has 2 aliphatic rings. The van der Waals surface area contributed by atoms with Crippen LogP contribution in [-0.4, -0.2) is 5.97 Å². The van der Waals surface area contributed by atoms with Gasteiger partial charge >= 0.3 is 5.97 Å². The van der Waals surface area contributed by atoms with Crippen LogP contribution in [0.15, 0.2) is 109 Å². The maximum Gasteiger partial charge on any atom is 0.340 e. The van der Waals surface area contributed by atoms with Gasteiger partial charge < -0.3 is 20.1 Å². The summed E-state index contributed by atoms with van der Waals surface area (Å²) in [6.07, 6.45) is 0. The Morgan fingerprint density at radius 3 is 2.12 bits per heavy atom. The normalized spacial score (nSPS) is 16.4. The molecule has 2 N–H and O–H groups in total. The average Bonchev–Trinajstić information content (AvgIpc) is 3.27. The van der Waals surface area contributed by atoms with E-state index in [9.17, 15) is 4.79 Å². The van der Waals surface area contributed by atoms with Crippen molar-refractivity contribution in [1.29, 1.82) is 0 Å². The molecule has 1 atom stereocenters. The second-order valence-corrected chi connectivity index (χ2v) is 11.0. The molecule has 0 bridgehead atoms. The third-order valence-corrected chi connectivity index (χ3v) is 7.98. The van der Waals surface area contributed by atoms with E-state index in [1.165, 1.54) is 5.56 Å². The Labute approximate surface area is 239 Å². The van der Waals surface area contributed by atoms with E-state index in [0.717, 1.165) is 45.0 Å². The highest BCUT2D eigenvalue weighted by Gasteiger charge is 2.53. The lowest BCUT2D eigenvalue weighted by atomic mass is 9.77. The molecule has 1 unspecified atom stereocenters. The molecule has 2 heterocycles. The monoisotopic (exact) mass is 538 g/mol. The van der Waals surface area contributed by atoms with Crippen LogP contribution in [0.25, 0.3) is 0 Å². The molecule has 202 valence electrons. The number of carbonyl (C=O) groups excluding carboxylic acids is 1. The first-order chi connectivity index (χ1) is 19.9. The number of esters is 1. The van der Waals surface area contributed by atoms with Crippen molar-refractivity contribution in [3.8, 4) is 11.5 Å². The molecule has 2 aliphatic heterocycles. The lowest BCUT2D eigenvalue weighted by Crippen LogP contribution is -2.33. The topological polar surface area (TPSA) is 59.6 Å². The maximum absolute atomic E-state index is 13.3. The van der Waals surface area contributed by atoms with Gasteiger partial charge in [-0.2, -0.15) is 0 Å². The Morgan fingerprint density at radius 2 is 1.34 bits per heavy atom. The molecule has 5 aromatic carbocycles. The molecule has 0 aromatic heterocycles. The van der Waals surface area contributed by atoms with Crippen molar-refractivity contribution >= 4 is 28.7 Å². The summed E-state index contributed by atoms with van der Waals surface area (Å²) in [4.78, 5) is 13.3. The fraction of sp³-hybridized carbons (Fsp3) is 0.139. The molecule has 0 saturated heterocycles. The van der Waals surface area contributed by atoms with Gasteiger partial charge in [-0.1, -0.05) is 62.4 Å². The van der Waals surface area contributed by atoms with Crippen LogP contribution in [0, 0.1) is 6.92 Å². The Balaban J connectivity index is 1.35. The summed E-state index contributed by atoms with van der Waals surface area (Å²) in [5.74, 6) is 1.44. The van der Waals surface area contributed by atoms with Crippen LogP contribution >= 0.6 is 0 Å². The van der Waals surface area contributed by atoms with E-state index in [-0.39, 0.29) is 5.97 Å². The molecule has 41 heavy (non-hydrogen) atoms. The van der Waals surface area contributed by atoms with E-state index in [1.54, 1.807) is 0 Å². The van der Waals surface area contributed by atoms with Crippen molar-refractivity contribution in [2.24, 2.45) is 0 Å². The zero-order valence-electron chi connectivity index (χ0n) is 23.2. The molecule has 0 amide bonds. The summed E-state index contributed by atoms with van der Waals surface area (Å²) in [7, 11) is 0. The summed E-state index contributed by atoms with van der Waals surface area (Å²) in [5, 5.41) is 7.03. The van der Waals surface area contributed by atoms with Gasteiger partial charge in [0.05, 0.1) is 5.56 Å². The number of carbonyl (C=O) groups is 1. The maximum atomic E-state index is 13.3. The van der Waals surface area contributed by atoms with Gasteiger partial charge in [-0.25, -0.2) is 4.79 Å². The third-order valence-electron chi connectivity index (χ3n) is 7.98. The Bertz CT molecular complexity index is 1790. The van der Waals surface area contributed by atoms with Gasteiger partial charge in [0, 0.05) is 45.5 Å². The van der Waals surface area contributed by atoms with E-state index in [1.807, 2.05) is 85.8 Å². The second kappa shape index (κ2) is 9.56. The van der Waals surface area contributed by atoms with Gasteiger partial charge in [0.25, 0.3) is 0 Å². The fourth-order valence-corrected chi connectivity index (χ4v) is 5.83. The minimum absolute atomic E-state index is 0.343. The first-order valence-electron chi connectivity index (χ1n) is 13.9. The zero-order valence-corrected chi connectivity index (χ0v) is 23.2. The minimum atomic E-state index is -1.13. The summed E-state index contributed by atoms with van der Waals surface area (Å²) in [6.45, 7) is 6.42. The van der Waals surface area contributed by atoms with E-state index < -0.39 is 5.60 Å². The number of ether oxygens (including phenoxy) is 2. The first-order valence-corrected chi connectivity index (χ1v) is 13.9. The number of rotatable bonds is 5. The molecule has 7 rings (SSSR count). The smallest absolute Gasteiger partial charge is 0.340 e. The quantitative estimate of drug-likeness (QED) is 0.219. The van der Waals surface area contributed by atoms with Gasteiger partial charge in [0.1, 0.15) is 11.5 Å².